The summed E-state index contributed by atoms with van der Waals surface area (Å²) in [5, 5.41) is 8.59. The number of pyridine rings is 1. The van der Waals surface area contributed by atoms with Crippen molar-refractivity contribution in [3.8, 4) is 5.75 Å². The minimum atomic E-state index is 0. The SMILES string of the molecule is N.Oc1ccncc1. The molecule has 0 spiro atoms. The van der Waals surface area contributed by atoms with Gasteiger partial charge >= 0.3 is 0 Å². The molecule has 0 bridgehead atoms. The fraction of sp³-hybridized carbons (Fsp3) is 0. The highest BCUT2D eigenvalue weighted by molar-refractivity contribution is 5.13. The lowest BCUT2D eigenvalue weighted by molar-refractivity contribution is 0.474. The topological polar surface area (TPSA) is 68.1 Å². The molecule has 0 aliphatic carbocycles. The van der Waals surface area contributed by atoms with Crippen LogP contribution in [-0.2, 0) is 0 Å². The Hall–Kier alpha value is -1.09. The third kappa shape index (κ3) is 1.57. The second-order valence-corrected chi connectivity index (χ2v) is 1.21. The van der Waals surface area contributed by atoms with Crippen LogP contribution in [0.3, 0.4) is 0 Å². The molecule has 0 aliphatic rings. The molecule has 44 valence electrons. The molecule has 1 heterocycles. The maximum absolute atomic E-state index is 8.59. The van der Waals surface area contributed by atoms with E-state index in [1.165, 1.54) is 24.5 Å². The third-order valence-corrected chi connectivity index (χ3v) is 0.663. The summed E-state index contributed by atoms with van der Waals surface area (Å²) in [6.07, 6.45) is 3.07. The molecular weight excluding hydrogens is 104 g/mol. The highest BCUT2D eigenvalue weighted by Gasteiger charge is 1.75. The number of nitrogens with zero attached hydrogens (tertiary/aromatic N) is 1. The van der Waals surface area contributed by atoms with E-state index in [1.807, 2.05) is 0 Å². The number of aromatic hydroxyl groups is 1. The molecule has 0 unspecified atom stereocenters. The average molecular weight is 112 g/mol. The first-order valence-corrected chi connectivity index (χ1v) is 1.98. The van der Waals surface area contributed by atoms with Gasteiger partial charge in [-0.3, -0.25) is 4.98 Å². The zero-order chi connectivity index (χ0) is 5.11. The van der Waals surface area contributed by atoms with Crippen molar-refractivity contribution >= 4 is 0 Å². The van der Waals surface area contributed by atoms with Gasteiger partial charge in [0, 0.05) is 12.4 Å². The van der Waals surface area contributed by atoms with Crippen molar-refractivity contribution < 1.29 is 5.11 Å². The Morgan fingerprint density at radius 3 is 2.00 bits per heavy atom. The first-order chi connectivity index (χ1) is 3.39. The van der Waals surface area contributed by atoms with Crippen LogP contribution in [0.15, 0.2) is 24.5 Å². The number of hydrogen-bond donors (Lipinski definition) is 2. The summed E-state index contributed by atoms with van der Waals surface area (Å²) in [5.74, 6) is 0.259. The molecule has 3 heteroatoms. The maximum Gasteiger partial charge on any atom is 0.118 e. The van der Waals surface area contributed by atoms with Gasteiger partial charge in [0.05, 0.1) is 0 Å². The molecule has 4 N–H and O–H groups in total. The van der Waals surface area contributed by atoms with Crippen LogP contribution in [0.25, 0.3) is 0 Å². The van der Waals surface area contributed by atoms with E-state index in [2.05, 4.69) is 4.98 Å². The average Bonchev–Trinajstić information content (AvgIpc) is 1.69. The number of rotatable bonds is 0. The van der Waals surface area contributed by atoms with E-state index in [4.69, 9.17) is 5.11 Å². The molecule has 0 fully saturated rings. The Balaban J connectivity index is 0.000000490. The smallest absolute Gasteiger partial charge is 0.118 e. The monoisotopic (exact) mass is 112 g/mol. The van der Waals surface area contributed by atoms with Crippen molar-refractivity contribution in [3.05, 3.63) is 24.5 Å². The lowest BCUT2D eigenvalue weighted by atomic mass is 10.5. The van der Waals surface area contributed by atoms with E-state index in [-0.39, 0.29) is 11.9 Å². The molecule has 1 aromatic heterocycles. The summed E-state index contributed by atoms with van der Waals surface area (Å²) in [4.78, 5) is 3.69. The van der Waals surface area contributed by atoms with E-state index in [0.717, 1.165) is 0 Å². The van der Waals surface area contributed by atoms with Crippen LogP contribution in [0, 0.1) is 0 Å². The highest BCUT2D eigenvalue weighted by atomic mass is 16.3. The van der Waals surface area contributed by atoms with E-state index in [1.54, 1.807) is 0 Å². The number of aromatic nitrogens is 1. The molecule has 0 atom stereocenters. The van der Waals surface area contributed by atoms with Gasteiger partial charge in [0.1, 0.15) is 5.75 Å². The van der Waals surface area contributed by atoms with Crippen LogP contribution in [-0.4, -0.2) is 10.1 Å². The molecule has 0 aromatic carbocycles. The number of hydrogen-bond acceptors (Lipinski definition) is 3. The Morgan fingerprint density at radius 2 is 1.75 bits per heavy atom. The van der Waals surface area contributed by atoms with E-state index >= 15 is 0 Å². The Bertz CT molecular complexity index is 140. The van der Waals surface area contributed by atoms with Gasteiger partial charge in [0.2, 0.25) is 0 Å². The zero-order valence-corrected chi connectivity index (χ0v) is 4.41. The second kappa shape index (κ2) is 2.98. The minimum absolute atomic E-state index is 0. The normalized spacial score (nSPS) is 7.50. The molecule has 0 radical (unpaired) electrons. The van der Waals surface area contributed by atoms with Crippen LogP contribution >= 0.6 is 0 Å². The standard InChI is InChI=1S/C5H5NO.H3N/c7-5-1-3-6-4-2-5;/h1-4H,(H,6,7);1H3. The fourth-order valence-corrected chi connectivity index (χ4v) is 0.344. The van der Waals surface area contributed by atoms with Gasteiger partial charge in [-0.1, -0.05) is 0 Å². The van der Waals surface area contributed by atoms with Crippen LogP contribution in [0.5, 0.6) is 5.75 Å². The van der Waals surface area contributed by atoms with Gasteiger partial charge in [-0.2, -0.15) is 0 Å². The minimum Gasteiger partial charge on any atom is -0.508 e. The summed E-state index contributed by atoms with van der Waals surface area (Å²) in [7, 11) is 0. The van der Waals surface area contributed by atoms with E-state index in [0.29, 0.717) is 0 Å². The van der Waals surface area contributed by atoms with Gasteiger partial charge in [-0.15, -0.1) is 0 Å². The summed E-state index contributed by atoms with van der Waals surface area (Å²) in [5.41, 5.74) is 0. The first-order valence-electron chi connectivity index (χ1n) is 1.98. The Labute approximate surface area is 47.6 Å². The van der Waals surface area contributed by atoms with Crippen molar-refractivity contribution in [3.63, 3.8) is 0 Å². The van der Waals surface area contributed by atoms with Crippen LogP contribution in [0.1, 0.15) is 0 Å². The van der Waals surface area contributed by atoms with Crippen LogP contribution in [0.4, 0.5) is 0 Å². The van der Waals surface area contributed by atoms with Crippen LogP contribution in [0.2, 0.25) is 0 Å². The van der Waals surface area contributed by atoms with Gasteiger partial charge in [-0.25, -0.2) is 0 Å². The van der Waals surface area contributed by atoms with Gasteiger partial charge in [-0.05, 0) is 12.1 Å². The maximum atomic E-state index is 8.59. The predicted octanol–water partition coefficient (Wildman–Crippen LogP) is 0.949. The molecule has 0 saturated heterocycles. The lowest BCUT2D eigenvalue weighted by Crippen LogP contribution is -1.63. The highest BCUT2D eigenvalue weighted by Crippen LogP contribution is 2.00. The predicted molar refractivity (Wildman–Crippen MR) is 30.9 cm³/mol. The van der Waals surface area contributed by atoms with Gasteiger partial charge in [0.15, 0.2) is 0 Å². The van der Waals surface area contributed by atoms with E-state index < -0.39 is 0 Å². The summed E-state index contributed by atoms with van der Waals surface area (Å²) >= 11 is 0. The Morgan fingerprint density at radius 1 is 1.25 bits per heavy atom. The molecule has 1 aromatic rings. The molecule has 0 amide bonds. The third-order valence-electron chi connectivity index (χ3n) is 0.663. The van der Waals surface area contributed by atoms with Gasteiger partial charge < -0.3 is 11.3 Å². The van der Waals surface area contributed by atoms with Crippen molar-refractivity contribution in [2.24, 2.45) is 0 Å². The second-order valence-electron chi connectivity index (χ2n) is 1.21. The lowest BCUT2D eigenvalue weighted by Gasteiger charge is -1.82. The van der Waals surface area contributed by atoms with Crippen molar-refractivity contribution in [1.29, 1.82) is 0 Å². The molecule has 0 saturated carbocycles. The van der Waals surface area contributed by atoms with E-state index in [9.17, 15) is 0 Å². The zero-order valence-electron chi connectivity index (χ0n) is 4.41. The Kier molecular flexibility index (Phi) is 2.58. The fourth-order valence-electron chi connectivity index (χ4n) is 0.344. The van der Waals surface area contributed by atoms with Crippen molar-refractivity contribution in [2.45, 2.75) is 0 Å². The first kappa shape index (κ1) is 6.91. The molecule has 8 heavy (non-hydrogen) atoms. The largest absolute Gasteiger partial charge is 0.508 e. The van der Waals surface area contributed by atoms with Crippen molar-refractivity contribution in [2.75, 3.05) is 0 Å². The summed E-state index contributed by atoms with van der Waals surface area (Å²) in [6.45, 7) is 0. The summed E-state index contributed by atoms with van der Waals surface area (Å²) < 4.78 is 0. The van der Waals surface area contributed by atoms with Gasteiger partial charge in [0.25, 0.3) is 0 Å². The molecule has 0 aliphatic heterocycles. The molecule has 1 rings (SSSR count). The van der Waals surface area contributed by atoms with Crippen LogP contribution < -0.4 is 6.15 Å². The van der Waals surface area contributed by atoms with Crippen molar-refractivity contribution in [1.82, 2.24) is 11.1 Å². The quantitative estimate of drug-likeness (QED) is 0.525. The summed E-state index contributed by atoms with van der Waals surface area (Å²) in [6, 6.07) is 3.06. The molecular formula is C5H8N2O. The molecule has 3 nitrogen and oxygen atoms in total.